The molecule has 0 aliphatic carbocycles. The van der Waals surface area contributed by atoms with Gasteiger partial charge in [-0.05, 0) is 24.1 Å². The first-order valence-electron chi connectivity index (χ1n) is 7.29. The van der Waals surface area contributed by atoms with Crippen LogP contribution in [0.25, 0.3) is 0 Å². The number of benzene rings is 1. The Balaban J connectivity index is 2.53. The summed E-state index contributed by atoms with van der Waals surface area (Å²) in [6.45, 7) is 2.62. The van der Waals surface area contributed by atoms with Crippen molar-refractivity contribution in [1.29, 1.82) is 0 Å². The van der Waals surface area contributed by atoms with Crippen LogP contribution in [0.2, 0.25) is 0 Å². The third-order valence-electron chi connectivity index (χ3n) is 3.37. The molecule has 0 fully saturated rings. The van der Waals surface area contributed by atoms with Gasteiger partial charge in [-0.2, -0.15) is 13.2 Å². The van der Waals surface area contributed by atoms with Crippen molar-refractivity contribution >= 4 is 17.7 Å². The van der Waals surface area contributed by atoms with Gasteiger partial charge in [0, 0.05) is 12.5 Å². The predicted octanol–water partition coefficient (Wildman–Crippen LogP) is 2.64. The Morgan fingerprint density at radius 2 is 1.75 bits per heavy atom. The molecule has 0 aliphatic rings. The number of alkyl halides is 3. The van der Waals surface area contributed by atoms with Crippen molar-refractivity contribution in [3.05, 3.63) is 35.4 Å². The molecule has 0 saturated carbocycles. The van der Waals surface area contributed by atoms with Crippen molar-refractivity contribution < 1.29 is 32.3 Å². The summed E-state index contributed by atoms with van der Waals surface area (Å²) in [4.78, 5) is 33.9. The van der Waals surface area contributed by atoms with E-state index in [-0.39, 0.29) is 23.9 Å². The van der Waals surface area contributed by atoms with E-state index in [4.69, 9.17) is 0 Å². The highest BCUT2D eigenvalue weighted by molar-refractivity contribution is 5.92. The van der Waals surface area contributed by atoms with Gasteiger partial charge in [0.15, 0.2) is 6.61 Å². The van der Waals surface area contributed by atoms with E-state index in [0.29, 0.717) is 6.42 Å². The number of ketones is 1. The Morgan fingerprint density at radius 1 is 1.17 bits per heavy atom. The minimum atomic E-state index is -5.03. The lowest BCUT2D eigenvalue weighted by Crippen LogP contribution is -2.28. The molecular weight excluding hydrogens is 327 g/mol. The summed E-state index contributed by atoms with van der Waals surface area (Å²) in [7, 11) is 0. The number of carbonyl (C=O) groups is 3. The zero-order valence-corrected chi connectivity index (χ0v) is 13.3. The third kappa shape index (κ3) is 6.02. The van der Waals surface area contributed by atoms with E-state index in [1.165, 1.54) is 12.1 Å². The van der Waals surface area contributed by atoms with E-state index in [9.17, 15) is 27.6 Å². The third-order valence-corrected chi connectivity index (χ3v) is 3.37. The minimum absolute atomic E-state index is 0.0157. The molecule has 1 N–H and O–H groups in total. The van der Waals surface area contributed by atoms with Crippen molar-refractivity contribution in [1.82, 2.24) is 5.32 Å². The van der Waals surface area contributed by atoms with E-state index >= 15 is 0 Å². The topological polar surface area (TPSA) is 72.5 Å². The van der Waals surface area contributed by atoms with Crippen LogP contribution in [-0.2, 0) is 20.9 Å². The van der Waals surface area contributed by atoms with Crippen LogP contribution >= 0.6 is 0 Å². The predicted molar refractivity (Wildman–Crippen MR) is 79.1 cm³/mol. The number of carbonyl (C=O) groups excluding carboxylic acids is 3. The van der Waals surface area contributed by atoms with Crippen LogP contribution in [0.5, 0.6) is 0 Å². The zero-order valence-electron chi connectivity index (χ0n) is 13.3. The fourth-order valence-electron chi connectivity index (χ4n) is 1.60. The maximum absolute atomic E-state index is 12.0. The molecule has 8 heteroatoms. The van der Waals surface area contributed by atoms with Crippen LogP contribution in [0, 0.1) is 5.92 Å². The van der Waals surface area contributed by atoms with Gasteiger partial charge in [-0.15, -0.1) is 0 Å². The second-order valence-electron chi connectivity index (χ2n) is 5.22. The van der Waals surface area contributed by atoms with Crippen molar-refractivity contribution in [2.24, 2.45) is 5.92 Å². The SMILES string of the molecule is CC[C@H](C)C(=O)NCc1ccc(C(=O)OCC(=O)C(F)(F)F)cc1. The summed E-state index contributed by atoms with van der Waals surface area (Å²) >= 11 is 0. The molecule has 0 bridgehead atoms. The maximum Gasteiger partial charge on any atom is 0.453 e. The molecular formula is C16H18F3NO4. The van der Waals surface area contributed by atoms with Gasteiger partial charge >= 0.3 is 12.1 Å². The lowest BCUT2D eigenvalue weighted by atomic mass is 10.1. The first-order chi connectivity index (χ1) is 11.1. The molecule has 0 heterocycles. The Kier molecular flexibility index (Phi) is 6.94. The summed E-state index contributed by atoms with van der Waals surface area (Å²) in [5.74, 6) is -3.35. The van der Waals surface area contributed by atoms with E-state index in [1.54, 1.807) is 19.1 Å². The van der Waals surface area contributed by atoms with E-state index in [2.05, 4.69) is 10.1 Å². The number of esters is 1. The van der Waals surface area contributed by atoms with Crippen LogP contribution in [0.4, 0.5) is 13.2 Å². The van der Waals surface area contributed by atoms with Crippen LogP contribution in [0.1, 0.15) is 36.2 Å². The summed E-state index contributed by atoms with van der Waals surface area (Å²) in [5.41, 5.74) is 0.733. The zero-order chi connectivity index (χ0) is 18.3. The molecule has 1 rings (SSSR count). The van der Waals surface area contributed by atoms with E-state index < -0.39 is 24.5 Å². The molecule has 24 heavy (non-hydrogen) atoms. The van der Waals surface area contributed by atoms with Crippen molar-refractivity contribution in [2.45, 2.75) is 33.0 Å². The normalized spacial score (nSPS) is 12.4. The fraction of sp³-hybridized carbons (Fsp3) is 0.438. The number of amides is 1. The average molecular weight is 345 g/mol. The van der Waals surface area contributed by atoms with Crippen molar-refractivity contribution in [3.63, 3.8) is 0 Å². The summed E-state index contributed by atoms with van der Waals surface area (Å²) in [5, 5.41) is 2.73. The number of hydrogen-bond donors (Lipinski definition) is 1. The number of nitrogens with one attached hydrogen (secondary N) is 1. The second-order valence-corrected chi connectivity index (χ2v) is 5.22. The molecule has 1 atom stereocenters. The molecule has 0 spiro atoms. The van der Waals surface area contributed by atoms with E-state index in [0.717, 1.165) is 5.56 Å². The summed E-state index contributed by atoms with van der Waals surface area (Å²) in [6, 6.07) is 5.79. The fourth-order valence-corrected chi connectivity index (χ4v) is 1.60. The smallest absolute Gasteiger partial charge is 0.453 e. The Hall–Kier alpha value is -2.38. The van der Waals surface area contributed by atoms with Gasteiger partial charge in [0.1, 0.15) is 0 Å². The van der Waals surface area contributed by atoms with Gasteiger partial charge in [-0.3, -0.25) is 9.59 Å². The summed E-state index contributed by atoms with van der Waals surface area (Å²) in [6.07, 6.45) is -4.31. The van der Waals surface area contributed by atoms with Crippen LogP contribution in [0.3, 0.4) is 0 Å². The highest BCUT2D eigenvalue weighted by Crippen LogP contribution is 2.16. The number of rotatable bonds is 7. The molecule has 1 aromatic rings. The Morgan fingerprint density at radius 3 is 2.25 bits per heavy atom. The number of ether oxygens (including phenoxy) is 1. The van der Waals surface area contributed by atoms with Gasteiger partial charge in [-0.25, -0.2) is 4.79 Å². The Bertz CT molecular complexity index is 596. The van der Waals surface area contributed by atoms with Crippen molar-refractivity contribution in [3.8, 4) is 0 Å². The highest BCUT2D eigenvalue weighted by Gasteiger charge is 2.38. The van der Waals surface area contributed by atoms with Crippen molar-refractivity contribution in [2.75, 3.05) is 6.61 Å². The molecule has 0 radical (unpaired) electrons. The summed E-state index contributed by atoms with van der Waals surface area (Å²) < 4.78 is 40.4. The molecule has 0 saturated heterocycles. The van der Waals surface area contributed by atoms with Crippen LogP contribution in [-0.4, -0.2) is 30.4 Å². The second kappa shape index (κ2) is 8.47. The molecule has 0 aliphatic heterocycles. The molecule has 132 valence electrons. The number of hydrogen-bond acceptors (Lipinski definition) is 4. The lowest BCUT2D eigenvalue weighted by molar-refractivity contribution is -0.173. The van der Waals surface area contributed by atoms with Gasteiger partial charge in [0.2, 0.25) is 5.91 Å². The van der Waals surface area contributed by atoms with Gasteiger partial charge in [-0.1, -0.05) is 26.0 Å². The largest absolute Gasteiger partial charge is 0.454 e. The Labute approximate surface area is 137 Å². The molecule has 1 amide bonds. The van der Waals surface area contributed by atoms with Gasteiger partial charge < -0.3 is 10.1 Å². The number of Topliss-reactive ketones (excluding diaryl/α,β-unsaturated/α-hetero) is 1. The first-order valence-corrected chi connectivity index (χ1v) is 7.29. The van der Waals surface area contributed by atoms with E-state index in [1.807, 2.05) is 6.92 Å². The molecule has 0 unspecified atom stereocenters. The molecule has 5 nitrogen and oxygen atoms in total. The van der Waals surface area contributed by atoms with Gasteiger partial charge in [0.25, 0.3) is 5.78 Å². The number of halogens is 3. The quantitative estimate of drug-likeness (QED) is 0.771. The van der Waals surface area contributed by atoms with Crippen LogP contribution < -0.4 is 5.32 Å². The first kappa shape index (κ1) is 19.7. The molecule has 0 aromatic heterocycles. The molecule has 1 aromatic carbocycles. The average Bonchev–Trinajstić information content (AvgIpc) is 2.55. The van der Waals surface area contributed by atoms with Crippen LogP contribution in [0.15, 0.2) is 24.3 Å². The lowest BCUT2D eigenvalue weighted by Gasteiger charge is -2.10. The maximum atomic E-state index is 12.0. The monoisotopic (exact) mass is 345 g/mol. The highest BCUT2D eigenvalue weighted by atomic mass is 19.4. The minimum Gasteiger partial charge on any atom is -0.454 e. The standard InChI is InChI=1S/C16H18F3NO4/c1-3-10(2)14(22)20-8-11-4-6-12(7-5-11)15(23)24-9-13(21)16(17,18)19/h4-7,10H,3,8-9H2,1-2H3,(H,20,22)/t10-/m0/s1. The van der Waals surface area contributed by atoms with Gasteiger partial charge in [0.05, 0.1) is 5.56 Å².